The zero-order valence-corrected chi connectivity index (χ0v) is 12.0. The highest BCUT2D eigenvalue weighted by Crippen LogP contribution is 2.06. The lowest BCUT2D eigenvalue weighted by molar-refractivity contribution is -0.0175. The zero-order chi connectivity index (χ0) is 14.4. The van der Waals surface area contributed by atoms with Gasteiger partial charge in [-0.3, -0.25) is 4.79 Å². The molecule has 1 heterocycles. The van der Waals surface area contributed by atoms with Crippen molar-refractivity contribution in [1.29, 1.82) is 0 Å². The Kier molecular flexibility index (Phi) is 5.52. The van der Waals surface area contributed by atoms with Gasteiger partial charge >= 0.3 is 0 Å². The fourth-order valence-electron chi connectivity index (χ4n) is 2.29. The molecule has 0 aromatic heterocycles. The first kappa shape index (κ1) is 15.0. The van der Waals surface area contributed by atoms with Gasteiger partial charge in [-0.2, -0.15) is 0 Å². The van der Waals surface area contributed by atoms with E-state index < -0.39 is 0 Å². The average molecular weight is 277 g/mol. The molecule has 1 amide bonds. The van der Waals surface area contributed by atoms with E-state index in [1.807, 2.05) is 24.3 Å². The summed E-state index contributed by atoms with van der Waals surface area (Å²) in [6.07, 6.45) is 0.915. The van der Waals surface area contributed by atoms with E-state index in [1.54, 1.807) is 0 Å². The summed E-state index contributed by atoms with van der Waals surface area (Å²) in [7, 11) is 2.06. The Morgan fingerprint density at radius 2 is 2.20 bits per heavy atom. The maximum atomic E-state index is 12.0. The van der Waals surface area contributed by atoms with Crippen molar-refractivity contribution in [2.45, 2.75) is 12.5 Å². The number of rotatable bonds is 5. The summed E-state index contributed by atoms with van der Waals surface area (Å²) in [6, 6.07) is 7.58. The fourth-order valence-corrected chi connectivity index (χ4v) is 2.29. The van der Waals surface area contributed by atoms with E-state index >= 15 is 0 Å². The van der Waals surface area contributed by atoms with E-state index in [2.05, 4.69) is 17.3 Å². The van der Waals surface area contributed by atoms with Crippen LogP contribution in [0.3, 0.4) is 0 Å². The van der Waals surface area contributed by atoms with E-state index in [0.29, 0.717) is 18.7 Å². The Morgan fingerprint density at radius 3 is 2.85 bits per heavy atom. The minimum absolute atomic E-state index is 0.0545. The summed E-state index contributed by atoms with van der Waals surface area (Å²) in [5.41, 5.74) is 7.33. The molecule has 0 bridgehead atoms. The molecule has 1 unspecified atom stereocenters. The molecule has 1 aliphatic rings. The van der Waals surface area contributed by atoms with E-state index in [1.165, 1.54) is 0 Å². The smallest absolute Gasteiger partial charge is 0.251 e. The molecular weight excluding hydrogens is 254 g/mol. The van der Waals surface area contributed by atoms with E-state index in [9.17, 15) is 4.79 Å². The van der Waals surface area contributed by atoms with Crippen LogP contribution in [0.15, 0.2) is 24.3 Å². The Morgan fingerprint density at radius 1 is 1.45 bits per heavy atom. The Labute approximate surface area is 120 Å². The van der Waals surface area contributed by atoms with Crippen LogP contribution in [0.2, 0.25) is 0 Å². The number of amides is 1. The SMILES string of the molecule is CN1CCOC(CNC(=O)c2ccc(CCN)cc2)C1. The molecule has 2 rings (SSSR count). The molecule has 3 N–H and O–H groups in total. The van der Waals surface area contributed by atoms with Crippen LogP contribution in [0, 0.1) is 0 Å². The highest BCUT2D eigenvalue weighted by molar-refractivity contribution is 5.94. The molecule has 1 aromatic rings. The second kappa shape index (κ2) is 7.38. The maximum Gasteiger partial charge on any atom is 0.251 e. The Balaban J connectivity index is 1.82. The number of likely N-dealkylation sites (N-methyl/N-ethyl adjacent to an activating group) is 1. The standard InChI is InChI=1S/C15H23N3O2/c1-18-8-9-20-14(11-18)10-17-15(19)13-4-2-12(3-5-13)6-7-16/h2-5,14H,6-11,16H2,1H3,(H,17,19). The van der Waals surface area contributed by atoms with E-state index in [0.717, 1.165) is 31.7 Å². The van der Waals surface area contributed by atoms with Crippen LogP contribution in [0.1, 0.15) is 15.9 Å². The van der Waals surface area contributed by atoms with Gasteiger partial charge in [0.1, 0.15) is 0 Å². The molecule has 5 nitrogen and oxygen atoms in total. The van der Waals surface area contributed by atoms with Crippen molar-refractivity contribution in [1.82, 2.24) is 10.2 Å². The number of nitrogens with one attached hydrogen (secondary N) is 1. The number of nitrogens with zero attached hydrogens (tertiary/aromatic N) is 1. The number of benzene rings is 1. The van der Waals surface area contributed by atoms with Crippen LogP contribution in [0.5, 0.6) is 0 Å². The molecule has 1 saturated heterocycles. The fraction of sp³-hybridized carbons (Fsp3) is 0.533. The van der Waals surface area contributed by atoms with Gasteiger partial charge in [0, 0.05) is 25.2 Å². The normalized spacial score (nSPS) is 19.8. The van der Waals surface area contributed by atoms with Crippen molar-refractivity contribution in [2.75, 3.05) is 39.8 Å². The monoisotopic (exact) mass is 277 g/mol. The first-order valence-electron chi connectivity index (χ1n) is 7.06. The molecule has 0 saturated carbocycles. The summed E-state index contributed by atoms with van der Waals surface area (Å²) in [6.45, 7) is 3.71. The quantitative estimate of drug-likeness (QED) is 0.809. The maximum absolute atomic E-state index is 12.0. The van der Waals surface area contributed by atoms with Crippen molar-refractivity contribution in [2.24, 2.45) is 5.73 Å². The van der Waals surface area contributed by atoms with Crippen LogP contribution >= 0.6 is 0 Å². The lowest BCUT2D eigenvalue weighted by atomic mass is 10.1. The highest BCUT2D eigenvalue weighted by atomic mass is 16.5. The first-order valence-corrected chi connectivity index (χ1v) is 7.06. The third-order valence-electron chi connectivity index (χ3n) is 3.48. The highest BCUT2D eigenvalue weighted by Gasteiger charge is 2.18. The Hall–Kier alpha value is -1.43. The number of nitrogens with two attached hydrogens (primary N) is 1. The largest absolute Gasteiger partial charge is 0.374 e. The van der Waals surface area contributed by atoms with Crippen molar-refractivity contribution in [3.8, 4) is 0 Å². The molecule has 0 radical (unpaired) electrons. The average Bonchev–Trinajstić information content (AvgIpc) is 2.46. The van der Waals surface area contributed by atoms with Crippen molar-refractivity contribution in [3.63, 3.8) is 0 Å². The summed E-state index contributed by atoms with van der Waals surface area (Å²) in [4.78, 5) is 14.2. The molecular formula is C15H23N3O2. The molecule has 5 heteroatoms. The Bertz CT molecular complexity index is 433. The van der Waals surface area contributed by atoms with Crippen LogP contribution in [-0.2, 0) is 11.2 Å². The van der Waals surface area contributed by atoms with Crippen LogP contribution in [0.25, 0.3) is 0 Å². The molecule has 1 fully saturated rings. The molecule has 20 heavy (non-hydrogen) atoms. The lowest BCUT2D eigenvalue weighted by Gasteiger charge is -2.30. The van der Waals surface area contributed by atoms with Gasteiger partial charge in [0.25, 0.3) is 5.91 Å². The summed E-state index contributed by atoms with van der Waals surface area (Å²) in [5.74, 6) is -0.0545. The van der Waals surface area contributed by atoms with Gasteiger partial charge in [0.15, 0.2) is 0 Å². The third-order valence-corrected chi connectivity index (χ3v) is 3.48. The number of carbonyl (C=O) groups excluding carboxylic acids is 1. The van der Waals surface area contributed by atoms with Gasteiger partial charge < -0.3 is 20.7 Å². The number of carbonyl (C=O) groups is 1. The van der Waals surface area contributed by atoms with Crippen LogP contribution < -0.4 is 11.1 Å². The van der Waals surface area contributed by atoms with Gasteiger partial charge in [-0.1, -0.05) is 12.1 Å². The van der Waals surface area contributed by atoms with Gasteiger partial charge in [0.2, 0.25) is 0 Å². The molecule has 0 aliphatic carbocycles. The second-order valence-corrected chi connectivity index (χ2v) is 5.20. The third kappa shape index (κ3) is 4.30. The van der Waals surface area contributed by atoms with Gasteiger partial charge in [-0.25, -0.2) is 0 Å². The number of hydrogen-bond donors (Lipinski definition) is 2. The number of morpholine rings is 1. The predicted octanol–water partition coefficient (Wildman–Crippen LogP) is 0.248. The van der Waals surface area contributed by atoms with Crippen LogP contribution in [-0.4, -0.2) is 56.7 Å². The number of ether oxygens (including phenoxy) is 1. The molecule has 110 valence electrons. The summed E-state index contributed by atoms with van der Waals surface area (Å²) in [5, 5.41) is 2.93. The molecule has 0 spiro atoms. The lowest BCUT2D eigenvalue weighted by Crippen LogP contribution is -2.45. The topological polar surface area (TPSA) is 67.6 Å². The van der Waals surface area contributed by atoms with Crippen molar-refractivity contribution in [3.05, 3.63) is 35.4 Å². The number of hydrogen-bond acceptors (Lipinski definition) is 4. The minimum Gasteiger partial charge on any atom is -0.374 e. The van der Waals surface area contributed by atoms with Crippen molar-refractivity contribution >= 4 is 5.91 Å². The van der Waals surface area contributed by atoms with Gasteiger partial charge in [-0.05, 0) is 37.7 Å². The second-order valence-electron chi connectivity index (χ2n) is 5.20. The van der Waals surface area contributed by atoms with E-state index in [4.69, 9.17) is 10.5 Å². The molecule has 1 aromatic carbocycles. The van der Waals surface area contributed by atoms with Crippen LogP contribution in [0.4, 0.5) is 0 Å². The predicted molar refractivity (Wildman–Crippen MR) is 78.8 cm³/mol. The molecule has 1 aliphatic heterocycles. The minimum atomic E-state index is -0.0545. The van der Waals surface area contributed by atoms with Gasteiger partial charge in [0.05, 0.1) is 12.7 Å². The summed E-state index contributed by atoms with van der Waals surface area (Å²) >= 11 is 0. The van der Waals surface area contributed by atoms with Gasteiger partial charge in [-0.15, -0.1) is 0 Å². The van der Waals surface area contributed by atoms with Crippen molar-refractivity contribution < 1.29 is 9.53 Å². The van der Waals surface area contributed by atoms with E-state index in [-0.39, 0.29) is 12.0 Å². The summed E-state index contributed by atoms with van der Waals surface area (Å²) < 4.78 is 5.62. The molecule has 1 atom stereocenters. The first-order chi connectivity index (χ1) is 9.69. The zero-order valence-electron chi connectivity index (χ0n) is 12.0.